The maximum absolute atomic E-state index is 12.5. The van der Waals surface area contributed by atoms with Crippen LogP contribution in [0.2, 0.25) is 5.02 Å². The van der Waals surface area contributed by atoms with Crippen LogP contribution in [-0.2, 0) is 22.7 Å². The summed E-state index contributed by atoms with van der Waals surface area (Å²) in [5, 5.41) is 3.30. The lowest BCUT2D eigenvalue weighted by Crippen LogP contribution is -2.45. The molecule has 0 aliphatic heterocycles. The predicted molar refractivity (Wildman–Crippen MR) is 95.4 cm³/mol. The van der Waals surface area contributed by atoms with Gasteiger partial charge in [0.05, 0.1) is 0 Å². The van der Waals surface area contributed by atoms with Crippen molar-refractivity contribution < 1.29 is 9.59 Å². The van der Waals surface area contributed by atoms with Crippen LogP contribution in [0.1, 0.15) is 25.0 Å². The van der Waals surface area contributed by atoms with E-state index in [0.717, 1.165) is 11.1 Å². The smallest absolute Gasteiger partial charge is 0.312 e. The Hall–Kier alpha value is -2.33. The fourth-order valence-electron chi connectivity index (χ4n) is 2.26. The third-order valence-electron chi connectivity index (χ3n) is 3.64. The van der Waals surface area contributed by atoms with E-state index in [1.807, 2.05) is 56.3 Å². The lowest BCUT2D eigenvalue weighted by molar-refractivity contribution is -0.147. The molecule has 0 aliphatic rings. The highest BCUT2D eigenvalue weighted by atomic mass is 35.5. The lowest BCUT2D eigenvalue weighted by Gasteiger charge is -2.26. The van der Waals surface area contributed by atoms with E-state index in [0.29, 0.717) is 18.1 Å². The third kappa shape index (κ3) is 5.10. The van der Waals surface area contributed by atoms with Crippen LogP contribution in [0.3, 0.4) is 0 Å². The molecule has 2 amide bonds. The van der Waals surface area contributed by atoms with E-state index in [2.05, 4.69) is 5.32 Å². The van der Waals surface area contributed by atoms with Crippen molar-refractivity contribution in [2.45, 2.75) is 33.0 Å². The molecule has 0 atom stereocenters. The van der Waals surface area contributed by atoms with Crippen molar-refractivity contribution in [2.75, 3.05) is 0 Å². The molecule has 0 aliphatic carbocycles. The highest BCUT2D eigenvalue weighted by Gasteiger charge is 2.24. The summed E-state index contributed by atoms with van der Waals surface area (Å²) in [6, 6.07) is 16.7. The third-order valence-corrected chi connectivity index (χ3v) is 3.89. The largest absolute Gasteiger partial charge is 0.344 e. The Balaban J connectivity index is 1.98. The zero-order chi connectivity index (χ0) is 17.5. The summed E-state index contributed by atoms with van der Waals surface area (Å²) in [6.07, 6.45) is 0. The Kier molecular flexibility index (Phi) is 6.38. The second kappa shape index (κ2) is 8.50. The highest BCUT2D eigenvalue weighted by Crippen LogP contribution is 2.10. The van der Waals surface area contributed by atoms with E-state index in [1.165, 1.54) is 0 Å². The first kappa shape index (κ1) is 18.0. The summed E-state index contributed by atoms with van der Waals surface area (Å²) >= 11 is 5.83. The van der Waals surface area contributed by atoms with E-state index < -0.39 is 11.8 Å². The van der Waals surface area contributed by atoms with Gasteiger partial charge in [-0.2, -0.15) is 0 Å². The Morgan fingerprint density at radius 1 is 1.00 bits per heavy atom. The first-order chi connectivity index (χ1) is 11.5. The summed E-state index contributed by atoms with van der Waals surface area (Å²) in [7, 11) is 0. The average Bonchev–Trinajstić information content (AvgIpc) is 2.59. The van der Waals surface area contributed by atoms with Crippen molar-refractivity contribution >= 4 is 23.4 Å². The molecule has 1 N–H and O–H groups in total. The van der Waals surface area contributed by atoms with Gasteiger partial charge in [-0.25, -0.2) is 0 Å². The number of rotatable bonds is 5. The Morgan fingerprint density at radius 2 is 1.62 bits per heavy atom. The number of carbonyl (C=O) groups excluding carboxylic acids is 2. The molecule has 0 unspecified atom stereocenters. The monoisotopic (exact) mass is 344 g/mol. The lowest BCUT2D eigenvalue weighted by atomic mass is 10.2. The van der Waals surface area contributed by atoms with E-state index in [4.69, 9.17) is 11.6 Å². The number of benzene rings is 2. The minimum absolute atomic E-state index is 0.0704. The number of amides is 2. The molecule has 0 fully saturated rings. The van der Waals surface area contributed by atoms with Crippen LogP contribution in [0.25, 0.3) is 0 Å². The van der Waals surface area contributed by atoms with E-state index in [1.54, 1.807) is 17.0 Å². The standard InChI is InChI=1S/C19H21ClN2O2/c1-14(2)22(13-16-6-4-3-5-7-16)19(24)18(23)21-12-15-8-10-17(20)11-9-15/h3-11,14H,12-13H2,1-2H3,(H,21,23). The van der Waals surface area contributed by atoms with E-state index in [9.17, 15) is 9.59 Å². The summed E-state index contributed by atoms with van der Waals surface area (Å²) in [5.74, 6) is -1.13. The van der Waals surface area contributed by atoms with Gasteiger partial charge in [0.25, 0.3) is 0 Å². The number of hydrogen-bond acceptors (Lipinski definition) is 2. The highest BCUT2D eigenvalue weighted by molar-refractivity contribution is 6.35. The average molecular weight is 345 g/mol. The molecule has 5 heteroatoms. The quantitative estimate of drug-likeness (QED) is 0.845. The Morgan fingerprint density at radius 3 is 2.21 bits per heavy atom. The van der Waals surface area contributed by atoms with Crippen molar-refractivity contribution in [3.05, 3.63) is 70.7 Å². The molecule has 0 saturated heterocycles. The molecule has 2 aromatic rings. The number of halogens is 1. The number of nitrogens with one attached hydrogen (secondary N) is 1. The van der Waals surface area contributed by atoms with Crippen LogP contribution >= 0.6 is 11.6 Å². The fourth-order valence-corrected chi connectivity index (χ4v) is 2.39. The van der Waals surface area contributed by atoms with Crippen LogP contribution in [0.4, 0.5) is 0 Å². The molecule has 0 saturated carbocycles. The maximum atomic E-state index is 12.5. The normalized spacial score (nSPS) is 10.5. The molecule has 0 heterocycles. The number of carbonyl (C=O) groups is 2. The Labute approximate surface area is 147 Å². The minimum atomic E-state index is -0.602. The van der Waals surface area contributed by atoms with Gasteiger partial charge in [0.1, 0.15) is 0 Å². The summed E-state index contributed by atoms with van der Waals surface area (Å²) in [5.41, 5.74) is 1.88. The van der Waals surface area contributed by atoms with Crippen molar-refractivity contribution in [1.82, 2.24) is 10.2 Å². The van der Waals surface area contributed by atoms with Crippen LogP contribution in [0, 0.1) is 0 Å². The molecule has 0 bridgehead atoms. The van der Waals surface area contributed by atoms with Gasteiger partial charge in [-0.05, 0) is 37.1 Å². The van der Waals surface area contributed by atoms with Crippen LogP contribution in [-0.4, -0.2) is 22.8 Å². The van der Waals surface area contributed by atoms with Gasteiger partial charge in [0.15, 0.2) is 0 Å². The van der Waals surface area contributed by atoms with Crippen molar-refractivity contribution in [1.29, 1.82) is 0 Å². The van der Waals surface area contributed by atoms with Gasteiger partial charge in [-0.15, -0.1) is 0 Å². The predicted octanol–water partition coefficient (Wildman–Crippen LogP) is 3.39. The van der Waals surface area contributed by atoms with Gasteiger partial charge in [-0.1, -0.05) is 54.1 Å². The molecular formula is C19H21ClN2O2. The molecule has 126 valence electrons. The molecular weight excluding hydrogens is 324 g/mol. The summed E-state index contributed by atoms with van der Waals surface area (Å²) < 4.78 is 0. The minimum Gasteiger partial charge on any atom is -0.344 e. The second-order valence-electron chi connectivity index (χ2n) is 5.82. The van der Waals surface area contributed by atoms with Gasteiger partial charge in [0.2, 0.25) is 0 Å². The molecule has 2 rings (SSSR count). The van der Waals surface area contributed by atoms with Crippen molar-refractivity contribution in [3.63, 3.8) is 0 Å². The summed E-state index contributed by atoms with van der Waals surface area (Å²) in [6.45, 7) is 4.49. The van der Waals surface area contributed by atoms with Crippen LogP contribution in [0.15, 0.2) is 54.6 Å². The van der Waals surface area contributed by atoms with Gasteiger partial charge in [-0.3, -0.25) is 9.59 Å². The van der Waals surface area contributed by atoms with E-state index >= 15 is 0 Å². The van der Waals surface area contributed by atoms with Crippen molar-refractivity contribution in [2.24, 2.45) is 0 Å². The molecule has 2 aromatic carbocycles. The Bertz CT molecular complexity index is 684. The molecule has 0 radical (unpaired) electrons. The zero-order valence-corrected chi connectivity index (χ0v) is 14.6. The molecule has 4 nitrogen and oxygen atoms in total. The zero-order valence-electron chi connectivity index (χ0n) is 13.8. The fraction of sp³-hybridized carbons (Fsp3) is 0.263. The number of nitrogens with zero attached hydrogens (tertiary/aromatic N) is 1. The number of hydrogen-bond donors (Lipinski definition) is 1. The topological polar surface area (TPSA) is 49.4 Å². The first-order valence-electron chi connectivity index (χ1n) is 7.84. The van der Waals surface area contributed by atoms with E-state index in [-0.39, 0.29) is 6.04 Å². The van der Waals surface area contributed by atoms with Gasteiger partial charge in [0, 0.05) is 24.2 Å². The van der Waals surface area contributed by atoms with Crippen molar-refractivity contribution in [3.8, 4) is 0 Å². The molecule has 24 heavy (non-hydrogen) atoms. The molecule has 0 aromatic heterocycles. The molecule has 0 spiro atoms. The van der Waals surface area contributed by atoms with Gasteiger partial charge >= 0.3 is 11.8 Å². The van der Waals surface area contributed by atoms with Crippen LogP contribution < -0.4 is 5.32 Å². The van der Waals surface area contributed by atoms with Crippen LogP contribution in [0.5, 0.6) is 0 Å². The SMILES string of the molecule is CC(C)N(Cc1ccccc1)C(=O)C(=O)NCc1ccc(Cl)cc1. The first-order valence-corrected chi connectivity index (χ1v) is 8.22. The second-order valence-corrected chi connectivity index (χ2v) is 6.26. The summed E-state index contributed by atoms with van der Waals surface area (Å²) in [4.78, 5) is 26.2. The maximum Gasteiger partial charge on any atom is 0.312 e. The van der Waals surface area contributed by atoms with Gasteiger partial charge < -0.3 is 10.2 Å².